The van der Waals surface area contributed by atoms with Gasteiger partial charge in [0.2, 0.25) is 0 Å². The number of carbonyl (C=O) groups is 2. The van der Waals surface area contributed by atoms with Crippen molar-refractivity contribution in [1.82, 2.24) is 10.2 Å². The number of aliphatic hydroxyl groups excluding tert-OH is 2. The van der Waals surface area contributed by atoms with Gasteiger partial charge in [0, 0.05) is 25.7 Å². The van der Waals surface area contributed by atoms with Gasteiger partial charge < -0.3 is 25.7 Å². The maximum absolute atomic E-state index is 9.77. The molecule has 2 aliphatic heterocycles. The van der Waals surface area contributed by atoms with E-state index in [1.54, 1.807) is 0 Å². The summed E-state index contributed by atoms with van der Waals surface area (Å²) in [5, 5.41) is 36.2. The summed E-state index contributed by atoms with van der Waals surface area (Å²) in [5.41, 5.74) is 1.45. The molecular weight excluding hydrogens is 340 g/mol. The van der Waals surface area contributed by atoms with E-state index in [2.05, 4.69) is 40.5 Å². The molecule has 2 aliphatic rings. The highest BCUT2D eigenvalue weighted by Gasteiger charge is 2.33. The first kappa shape index (κ1) is 20.3. The zero-order valence-corrected chi connectivity index (χ0v) is 14.5. The predicted molar refractivity (Wildman–Crippen MR) is 93.5 cm³/mol. The van der Waals surface area contributed by atoms with Crippen LogP contribution in [0.5, 0.6) is 0 Å². The highest BCUT2D eigenvalue weighted by Crippen LogP contribution is 2.25. The van der Waals surface area contributed by atoms with E-state index in [1.807, 2.05) is 0 Å². The van der Waals surface area contributed by atoms with Gasteiger partial charge in [-0.05, 0) is 30.9 Å². The van der Waals surface area contributed by atoms with Gasteiger partial charge in [-0.2, -0.15) is 0 Å². The molecule has 5 N–H and O–H groups in total. The van der Waals surface area contributed by atoms with Crippen molar-refractivity contribution in [3.63, 3.8) is 0 Å². The third-order valence-corrected chi connectivity index (χ3v) is 4.73. The van der Waals surface area contributed by atoms with Crippen LogP contribution < -0.4 is 5.32 Å². The molecule has 26 heavy (non-hydrogen) atoms. The van der Waals surface area contributed by atoms with Gasteiger partial charge in [0.15, 0.2) is 12.2 Å². The minimum absolute atomic E-state index is 0.762. The molecule has 8 heteroatoms. The normalized spacial score (nSPS) is 24.7. The Kier molecular flexibility index (Phi) is 7.52. The van der Waals surface area contributed by atoms with Gasteiger partial charge in [0.05, 0.1) is 0 Å². The van der Waals surface area contributed by atoms with Crippen LogP contribution in [-0.2, 0) is 16.1 Å². The van der Waals surface area contributed by atoms with Crippen molar-refractivity contribution >= 4 is 11.9 Å². The Morgan fingerprint density at radius 3 is 2.23 bits per heavy atom. The maximum atomic E-state index is 9.77. The molecule has 0 spiro atoms. The molecule has 1 aromatic rings. The second-order valence-corrected chi connectivity index (χ2v) is 6.71. The van der Waals surface area contributed by atoms with Crippen molar-refractivity contribution in [2.45, 2.75) is 37.6 Å². The van der Waals surface area contributed by atoms with Crippen molar-refractivity contribution < 1.29 is 30.0 Å². The van der Waals surface area contributed by atoms with Gasteiger partial charge in [-0.1, -0.05) is 30.3 Å². The van der Waals surface area contributed by atoms with Gasteiger partial charge in [0.25, 0.3) is 0 Å². The van der Waals surface area contributed by atoms with E-state index in [0.29, 0.717) is 0 Å². The molecule has 0 bridgehead atoms. The van der Waals surface area contributed by atoms with E-state index in [0.717, 1.165) is 18.5 Å². The summed E-state index contributed by atoms with van der Waals surface area (Å²) in [4.78, 5) is 22.1. The summed E-state index contributed by atoms with van der Waals surface area (Å²) in [6, 6.07) is 11.6. The number of carboxylic acids is 2. The highest BCUT2D eigenvalue weighted by molar-refractivity contribution is 5.83. The number of nitrogens with one attached hydrogen (secondary N) is 1. The van der Waals surface area contributed by atoms with E-state index in [-0.39, 0.29) is 0 Å². The molecule has 0 saturated carbocycles. The number of nitrogens with zero attached hydrogens (tertiary/aromatic N) is 1. The fourth-order valence-corrected chi connectivity index (χ4v) is 3.38. The quantitative estimate of drug-likeness (QED) is 0.482. The monoisotopic (exact) mass is 366 g/mol. The first-order chi connectivity index (χ1) is 12.4. The van der Waals surface area contributed by atoms with Crippen molar-refractivity contribution in [2.75, 3.05) is 19.6 Å². The molecular formula is C18H26N2O6. The molecule has 8 nitrogen and oxygen atoms in total. The van der Waals surface area contributed by atoms with Crippen LogP contribution in [0.4, 0.5) is 0 Å². The van der Waals surface area contributed by atoms with Crippen molar-refractivity contribution in [1.29, 1.82) is 0 Å². The Balaban J connectivity index is 0.000000213. The van der Waals surface area contributed by atoms with Crippen LogP contribution in [0.15, 0.2) is 30.3 Å². The number of benzene rings is 1. The smallest absolute Gasteiger partial charge is 0.335 e. The number of aliphatic carboxylic acids is 2. The number of hydrogen-bond donors (Lipinski definition) is 5. The fourth-order valence-electron chi connectivity index (χ4n) is 3.38. The van der Waals surface area contributed by atoms with Crippen LogP contribution in [0.3, 0.4) is 0 Å². The van der Waals surface area contributed by atoms with E-state index in [1.165, 1.54) is 38.0 Å². The Morgan fingerprint density at radius 2 is 1.69 bits per heavy atom. The number of rotatable bonds is 5. The summed E-state index contributed by atoms with van der Waals surface area (Å²) in [5.74, 6) is -2.64. The lowest BCUT2D eigenvalue weighted by Gasteiger charge is -2.24. The van der Waals surface area contributed by atoms with E-state index in [9.17, 15) is 9.59 Å². The Hall–Kier alpha value is -2.00. The molecule has 2 fully saturated rings. The van der Waals surface area contributed by atoms with Crippen molar-refractivity contribution in [3.05, 3.63) is 35.9 Å². The lowest BCUT2D eigenvalue weighted by molar-refractivity contribution is -0.165. The third kappa shape index (κ3) is 5.77. The van der Waals surface area contributed by atoms with Crippen LogP contribution in [0, 0.1) is 5.92 Å². The minimum atomic E-state index is -2.27. The molecule has 0 aromatic heterocycles. The molecule has 0 radical (unpaired) electrons. The summed E-state index contributed by atoms with van der Waals surface area (Å²) >= 11 is 0. The van der Waals surface area contributed by atoms with Crippen molar-refractivity contribution in [2.24, 2.45) is 5.92 Å². The van der Waals surface area contributed by atoms with Crippen LogP contribution in [0.25, 0.3) is 0 Å². The molecule has 0 amide bonds. The average Bonchev–Trinajstić information content (AvgIpc) is 3.03. The molecule has 2 unspecified atom stereocenters. The fraction of sp³-hybridized carbons (Fsp3) is 0.556. The molecule has 2 saturated heterocycles. The van der Waals surface area contributed by atoms with Crippen LogP contribution in [-0.4, -0.2) is 75.1 Å². The Bertz CT molecular complexity index is 565. The zero-order valence-electron chi connectivity index (χ0n) is 14.5. The topological polar surface area (TPSA) is 130 Å². The van der Waals surface area contributed by atoms with Gasteiger partial charge in [-0.15, -0.1) is 0 Å². The number of aliphatic hydroxyl groups is 2. The average molecular weight is 366 g/mol. The molecule has 4 atom stereocenters. The van der Waals surface area contributed by atoms with Crippen LogP contribution >= 0.6 is 0 Å². The van der Waals surface area contributed by atoms with Gasteiger partial charge in [-0.3, -0.25) is 4.90 Å². The largest absolute Gasteiger partial charge is 0.479 e. The second-order valence-electron chi connectivity index (χ2n) is 6.71. The highest BCUT2D eigenvalue weighted by atomic mass is 16.4. The summed E-state index contributed by atoms with van der Waals surface area (Å²) in [7, 11) is 0. The molecule has 0 aliphatic carbocycles. The van der Waals surface area contributed by atoms with Crippen LogP contribution in [0.2, 0.25) is 0 Å². The molecule has 1 aromatic carbocycles. The Morgan fingerprint density at radius 1 is 1.08 bits per heavy atom. The lowest BCUT2D eigenvalue weighted by atomic mass is 9.94. The van der Waals surface area contributed by atoms with Crippen LogP contribution in [0.1, 0.15) is 18.4 Å². The summed E-state index contributed by atoms with van der Waals surface area (Å²) in [6.45, 7) is 4.86. The number of fused-ring (bicyclic) bond motifs is 1. The third-order valence-electron chi connectivity index (χ3n) is 4.73. The van der Waals surface area contributed by atoms with Gasteiger partial charge in [-0.25, -0.2) is 9.59 Å². The predicted octanol–water partition coefficient (Wildman–Crippen LogP) is -0.252. The summed E-state index contributed by atoms with van der Waals surface area (Å²) in [6.07, 6.45) is -1.75. The molecule has 2 heterocycles. The lowest BCUT2D eigenvalue weighted by Crippen LogP contribution is -2.40. The van der Waals surface area contributed by atoms with E-state index < -0.39 is 24.1 Å². The number of carboxylic acid groups (broad SMARTS) is 2. The van der Waals surface area contributed by atoms with Crippen molar-refractivity contribution in [3.8, 4) is 0 Å². The van der Waals surface area contributed by atoms with E-state index in [4.69, 9.17) is 20.4 Å². The zero-order chi connectivity index (χ0) is 19.1. The maximum Gasteiger partial charge on any atom is 0.335 e. The Labute approximate surface area is 152 Å². The minimum Gasteiger partial charge on any atom is -0.479 e. The van der Waals surface area contributed by atoms with Gasteiger partial charge in [0.1, 0.15) is 0 Å². The number of likely N-dealkylation sites (tertiary alicyclic amines) is 1. The van der Waals surface area contributed by atoms with E-state index >= 15 is 0 Å². The molecule has 3 rings (SSSR count). The SMILES string of the molecule is O=C(O)C(O)C(O)C(=O)O.c1ccc(CN2C[C@H]3CCCN[C@H]3C2)cc1. The standard InChI is InChI=1S/C14H20N2.C4H6O6/c1-2-5-12(6-3-1)9-16-10-13-7-4-8-15-14(13)11-16;5-1(3(7)8)2(6)4(9)10/h1-3,5-6,13-15H,4,7-11H2;1-2,5-6H,(H,7,8)(H,9,10)/t13-,14+;/m1./s1. The number of hydrogen-bond acceptors (Lipinski definition) is 6. The number of piperidine rings is 1. The molecule has 144 valence electrons. The second kappa shape index (κ2) is 9.63. The first-order valence-corrected chi connectivity index (χ1v) is 8.70. The summed E-state index contributed by atoms with van der Waals surface area (Å²) < 4.78 is 0. The van der Waals surface area contributed by atoms with Gasteiger partial charge >= 0.3 is 11.9 Å². The first-order valence-electron chi connectivity index (χ1n) is 8.70.